The van der Waals surface area contributed by atoms with E-state index in [2.05, 4.69) is 4.98 Å². The predicted octanol–water partition coefficient (Wildman–Crippen LogP) is 1.46. The number of hydrogen-bond donors (Lipinski definition) is 1. The Morgan fingerprint density at radius 2 is 2.10 bits per heavy atom. The summed E-state index contributed by atoms with van der Waals surface area (Å²) in [4.78, 5) is 38.1. The second-order valence-electron chi connectivity index (χ2n) is 4.21. The first-order valence-electron chi connectivity index (χ1n) is 5.84. The van der Waals surface area contributed by atoms with Crippen molar-refractivity contribution < 1.29 is 19.1 Å². The van der Waals surface area contributed by atoms with E-state index in [1.54, 1.807) is 6.92 Å². The fourth-order valence-corrected chi connectivity index (χ4v) is 1.93. The van der Waals surface area contributed by atoms with E-state index < -0.39 is 28.6 Å². The van der Waals surface area contributed by atoms with Gasteiger partial charge in [-0.3, -0.25) is 9.59 Å². The van der Waals surface area contributed by atoms with Gasteiger partial charge in [0.25, 0.3) is 0 Å². The number of Topliss-reactive ketones (excluding diaryl/α,β-unsaturated/α-hetero) is 1. The normalized spacial score (nSPS) is 10.8. The molecule has 0 fully saturated rings. The van der Waals surface area contributed by atoms with Crippen LogP contribution in [0.2, 0.25) is 0 Å². The van der Waals surface area contributed by atoms with Crippen LogP contribution in [0.3, 0.4) is 0 Å². The number of rotatable bonds is 3. The number of fused-ring (bicyclic) bond motifs is 1. The highest BCUT2D eigenvalue weighted by molar-refractivity contribution is 5.96. The maximum atomic E-state index is 13.7. The van der Waals surface area contributed by atoms with Gasteiger partial charge in [-0.25, -0.2) is 14.2 Å². The SMILES string of the molecule is CCn1cc(C(=O)O)c(=O)c2cc(F)c(C(C)=O)nc21. The molecule has 20 heavy (non-hydrogen) atoms. The van der Waals surface area contributed by atoms with Crippen molar-refractivity contribution in [2.75, 3.05) is 0 Å². The highest BCUT2D eigenvalue weighted by Gasteiger charge is 2.18. The summed E-state index contributed by atoms with van der Waals surface area (Å²) in [5, 5.41) is 8.82. The number of aromatic nitrogens is 2. The minimum absolute atomic E-state index is 0.0918. The Labute approximate surface area is 112 Å². The first-order valence-corrected chi connectivity index (χ1v) is 5.84. The fourth-order valence-electron chi connectivity index (χ4n) is 1.93. The number of hydrogen-bond acceptors (Lipinski definition) is 4. The lowest BCUT2D eigenvalue weighted by Gasteiger charge is -2.10. The molecule has 0 amide bonds. The molecule has 2 aromatic rings. The van der Waals surface area contributed by atoms with Crippen LogP contribution < -0.4 is 5.43 Å². The average Bonchev–Trinajstić information content (AvgIpc) is 2.38. The largest absolute Gasteiger partial charge is 0.477 e. The Hall–Kier alpha value is -2.57. The molecule has 0 atom stereocenters. The van der Waals surface area contributed by atoms with Gasteiger partial charge in [0.2, 0.25) is 5.43 Å². The van der Waals surface area contributed by atoms with E-state index >= 15 is 0 Å². The third kappa shape index (κ3) is 2.07. The maximum Gasteiger partial charge on any atom is 0.341 e. The molecule has 0 aromatic carbocycles. The van der Waals surface area contributed by atoms with Crippen molar-refractivity contribution in [3.05, 3.63) is 39.6 Å². The molecule has 7 heteroatoms. The number of carbonyl (C=O) groups is 2. The summed E-state index contributed by atoms with van der Waals surface area (Å²) in [7, 11) is 0. The summed E-state index contributed by atoms with van der Waals surface area (Å²) in [5.41, 5.74) is -1.56. The summed E-state index contributed by atoms with van der Waals surface area (Å²) < 4.78 is 15.1. The van der Waals surface area contributed by atoms with E-state index in [-0.39, 0.29) is 16.7 Å². The minimum Gasteiger partial charge on any atom is -0.477 e. The van der Waals surface area contributed by atoms with Gasteiger partial charge in [0, 0.05) is 19.7 Å². The minimum atomic E-state index is -1.39. The van der Waals surface area contributed by atoms with Gasteiger partial charge >= 0.3 is 5.97 Å². The molecular formula is C13H11FN2O4. The maximum absolute atomic E-state index is 13.7. The van der Waals surface area contributed by atoms with E-state index in [1.807, 2.05) is 0 Å². The highest BCUT2D eigenvalue weighted by Crippen LogP contribution is 2.15. The topological polar surface area (TPSA) is 89.3 Å². The number of ketones is 1. The van der Waals surface area contributed by atoms with Gasteiger partial charge in [-0.1, -0.05) is 0 Å². The van der Waals surface area contributed by atoms with Crippen molar-refractivity contribution >= 4 is 22.8 Å². The summed E-state index contributed by atoms with van der Waals surface area (Å²) in [6.07, 6.45) is 1.14. The molecular weight excluding hydrogens is 267 g/mol. The van der Waals surface area contributed by atoms with Crippen LogP contribution in [0.25, 0.3) is 11.0 Å². The van der Waals surface area contributed by atoms with E-state index in [1.165, 1.54) is 4.57 Å². The number of aryl methyl sites for hydroxylation is 1. The number of halogens is 1. The molecule has 0 spiro atoms. The van der Waals surface area contributed by atoms with Crippen LogP contribution in [0.5, 0.6) is 0 Å². The van der Waals surface area contributed by atoms with Crippen molar-refractivity contribution in [2.45, 2.75) is 20.4 Å². The van der Waals surface area contributed by atoms with Crippen LogP contribution in [0.1, 0.15) is 34.7 Å². The van der Waals surface area contributed by atoms with Gasteiger partial charge in [0.15, 0.2) is 11.6 Å². The average molecular weight is 278 g/mol. The zero-order chi connectivity index (χ0) is 15.0. The van der Waals surface area contributed by atoms with Crippen molar-refractivity contribution in [3.8, 4) is 0 Å². The quantitative estimate of drug-likeness (QED) is 0.858. The first kappa shape index (κ1) is 13.9. The molecule has 0 unspecified atom stereocenters. The van der Waals surface area contributed by atoms with Crippen LogP contribution in [0, 0.1) is 5.82 Å². The molecule has 0 aliphatic heterocycles. The predicted molar refractivity (Wildman–Crippen MR) is 68.6 cm³/mol. The Kier molecular flexibility index (Phi) is 3.35. The molecule has 0 aliphatic rings. The Morgan fingerprint density at radius 3 is 2.60 bits per heavy atom. The van der Waals surface area contributed by atoms with Crippen LogP contribution >= 0.6 is 0 Å². The van der Waals surface area contributed by atoms with Crippen molar-refractivity contribution in [2.24, 2.45) is 0 Å². The van der Waals surface area contributed by atoms with Gasteiger partial charge in [-0.05, 0) is 13.0 Å². The molecule has 2 rings (SSSR count). The molecule has 1 N–H and O–H groups in total. The zero-order valence-electron chi connectivity index (χ0n) is 10.8. The summed E-state index contributed by atoms with van der Waals surface area (Å²) in [6, 6.07) is 0.861. The molecule has 2 aromatic heterocycles. The lowest BCUT2D eigenvalue weighted by atomic mass is 10.1. The fraction of sp³-hybridized carbons (Fsp3) is 0.231. The molecule has 0 bridgehead atoms. The number of carboxylic acid groups (broad SMARTS) is 1. The Bertz CT molecular complexity index is 795. The van der Waals surface area contributed by atoms with Gasteiger partial charge < -0.3 is 9.67 Å². The van der Waals surface area contributed by atoms with Crippen LogP contribution in [-0.2, 0) is 6.54 Å². The molecule has 6 nitrogen and oxygen atoms in total. The molecule has 2 heterocycles. The van der Waals surface area contributed by atoms with E-state index in [0.717, 1.165) is 19.2 Å². The Morgan fingerprint density at radius 1 is 1.45 bits per heavy atom. The van der Waals surface area contributed by atoms with Crippen LogP contribution in [0.15, 0.2) is 17.1 Å². The van der Waals surface area contributed by atoms with E-state index in [0.29, 0.717) is 6.54 Å². The molecule has 104 valence electrons. The number of pyridine rings is 2. The number of carboxylic acids is 1. The second-order valence-corrected chi connectivity index (χ2v) is 4.21. The van der Waals surface area contributed by atoms with Crippen molar-refractivity contribution in [1.29, 1.82) is 0 Å². The van der Waals surface area contributed by atoms with Gasteiger partial charge in [-0.15, -0.1) is 0 Å². The number of nitrogens with zero attached hydrogens (tertiary/aromatic N) is 2. The first-order chi connectivity index (χ1) is 9.36. The molecule has 0 saturated carbocycles. The van der Waals surface area contributed by atoms with E-state index in [4.69, 9.17) is 5.11 Å². The summed E-state index contributed by atoms with van der Waals surface area (Å²) >= 11 is 0. The second kappa shape index (κ2) is 4.84. The van der Waals surface area contributed by atoms with Gasteiger partial charge in [-0.2, -0.15) is 0 Å². The number of carbonyl (C=O) groups excluding carboxylic acids is 1. The van der Waals surface area contributed by atoms with E-state index in [9.17, 15) is 18.8 Å². The zero-order valence-corrected chi connectivity index (χ0v) is 10.8. The summed E-state index contributed by atoms with van der Waals surface area (Å²) in [5.74, 6) is -2.90. The molecule has 0 saturated heterocycles. The third-order valence-electron chi connectivity index (χ3n) is 2.91. The van der Waals surface area contributed by atoms with Crippen molar-refractivity contribution in [1.82, 2.24) is 9.55 Å². The summed E-state index contributed by atoms with van der Waals surface area (Å²) in [6.45, 7) is 3.21. The standard InChI is InChI=1S/C13H11FN2O4/c1-3-16-5-8(13(19)20)11(18)7-4-9(14)10(6(2)17)15-12(7)16/h4-5H,3H2,1-2H3,(H,19,20). The van der Waals surface area contributed by atoms with Crippen LogP contribution in [-0.4, -0.2) is 26.4 Å². The lowest BCUT2D eigenvalue weighted by Crippen LogP contribution is -2.20. The molecule has 0 aliphatic carbocycles. The third-order valence-corrected chi connectivity index (χ3v) is 2.91. The lowest BCUT2D eigenvalue weighted by molar-refractivity contribution is 0.0694. The molecule has 0 radical (unpaired) electrons. The smallest absolute Gasteiger partial charge is 0.341 e. The van der Waals surface area contributed by atoms with Crippen molar-refractivity contribution in [3.63, 3.8) is 0 Å². The Balaban J connectivity index is 2.98. The highest BCUT2D eigenvalue weighted by atomic mass is 19.1. The van der Waals surface area contributed by atoms with Gasteiger partial charge in [0.1, 0.15) is 16.9 Å². The monoisotopic (exact) mass is 278 g/mol. The van der Waals surface area contributed by atoms with Crippen LogP contribution in [0.4, 0.5) is 4.39 Å². The number of aromatic carboxylic acids is 1. The van der Waals surface area contributed by atoms with Gasteiger partial charge in [0.05, 0.1) is 5.39 Å².